The summed E-state index contributed by atoms with van der Waals surface area (Å²) in [5.74, 6) is -0.368. The van der Waals surface area contributed by atoms with Gasteiger partial charge in [0.15, 0.2) is 0 Å². The van der Waals surface area contributed by atoms with E-state index in [2.05, 4.69) is 0 Å². The molecule has 1 aliphatic rings. The number of carbonyl (C=O) groups is 1. The van der Waals surface area contributed by atoms with Crippen molar-refractivity contribution in [2.24, 2.45) is 5.73 Å². The number of benzene rings is 1. The Balaban J connectivity index is 2.38. The van der Waals surface area contributed by atoms with Crippen molar-refractivity contribution < 1.29 is 9.53 Å². The molecule has 2 unspecified atom stereocenters. The molecule has 15 heavy (non-hydrogen) atoms. The normalized spacial score (nSPS) is 24.4. The van der Waals surface area contributed by atoms with Gasteiger partial charge in [-0.15, -0.1) is 0 Å². The molecule has 0 fully saturated rings. The predicted molar refractivity (Wildman–Crippen MR) is 57.5 cm³/mol. The highest BCUT2D eigenvalue weighted by Gasteiger charge is 2.30. The molecule has 1 aromatic carbocycles. The molecule has 0 bridgehead atoms. The van der Waals surface area contributed by atoms with Crippen molar-refractivity contribution in [3.8, 4) is 0 Å². The molecule has 0 aromatic heterocycles. The smallest absolute Gasteiger partial charge is 0.313 e. The average molecular weight is 205 g/mol. The van der Waals surface area contributed by atoms with E-state index >= 15 is 0 Å². The van der Waals surface area contributed by atoms with Crippen molar-refractivity contribution >= 4 is 5.97 Å². The van der Waals surface area contributed by atoms with Crippen LogP contribution in [0.2, 0.25) is 0 Å². The summed E-state index contributed by atoms with van der Waals surface area (Å²) in [7, 11) is 1.42. The van der Waals surface area contributed by atoms with Gasteiger partial charge in [-0.3, -0.25) is 4.79 Å². The molecule has 3 nitrogen and oxygen atoms in total. The van der Waals surface area contributed by atoms with E-state index in [1.165, 1.54) is 12.7 Å². The van der Waals surface area contributed by atoms with Crippen LogP contribution >= 0.6 is 0 Å². The van der Waals surface area contributed by atoms with Crippen molar-refractivity contribution in [1.82, 2.24) is 0 Å². The average Bonchev–Trinajstić information content (AvgIpc) is 2.26. The fraction of sp³-hybridized carbons (Fsp3) is 0.417. The van der Waals surface area contributed by atoms with Gasteiger partial charge in [-0.1, -0.05) is 24.3 Å². The Kier molecular flexibility index (Phi) is 2.73. The van der Waals surface area contributed by atoms with E-state index in [0.717, 1.165) is 12.0 Å². The van der Waals surface area contributed by atoms with Crippen LogP contribution in [-0.2, 0) is 16.0 Å². The number of esters is 1. The van der Waals surface area contributed by atoms with E-state index in [-0.39, 0.29) is 17.9 Å². The summed E-state index contributed by atoms with van der Waals surface area (Å²) in [6.07, 6.45) is 1.54. The fourth-order valence-electron chi connectivity index (χ4n) is 2.22. The number of hydrogen-bond donors (Lipinski definition) is 1. The number of fused-ring (bicyclic) bond motifs is 1. The molecule has 80 valence electrons. The van der Waals surface area contributed by atoms with Crippen LogP contribution in [0.3, 0.4) is 0 Å². The highest BCUT2D eigenvalue weighted by molar-refractivity contribution is 5.79. The molecule has 0 spiro atoms. The minimum absolute atomic E-state index is 0.0593. The molecule has 2 N–H and O–H groups in total. The second kappa shape index (κ2) is 4.03. The lowest BCUT2D eigenvalue weighted by Crippen LogP contribution is -2.33. The third-order valence-corrected chi connectivity index (χ3v) is 2.94. The Morgan fingerprint density at radius 2 is 2.20 bits per heavy atom. The van der Waals surface area contributed by atoms with Crippen LogP contribution in [0.4, 0.5) is 0 Å². The standard InChI is InChI=1S/C12H15NO2/c1-15-12(14)11-7-9(13)6-8-4-2-3-5-10(8)11/h2-5,9,11H,6-7,13H2,1H3. The lowest BCUT2D eigenvalue weighted by molar-refractivity contribution is -0.142. The molecule has 0 heterocycles. The van der Waals surface area contributed by atoms with E-state index in [4.69, 9.17) is 10.5 Å². The molecule has 3 heteroatoms. The highest BCUT2D eigenvalue weighted by Crippen LogP contribution is 2.31. The van der Waals surface area contributed by atoms with Gasteiger partial charge in [0.1, 0.15) is 0 Å². The van der Waals surface area contributed by atoms with E-state index in [9.17, 15) is 4.79 Å². The first kappa shape index (κ1) is 10.2. The molecular formula is C12H15NO2. The molecule has 1 aromatic rings. The zero-order valence-electron chi connectivity index (χ0n) is 8.77. The molecule has 0 saturated heterocycles. The maximum atomic E-state index is 11.6. The SMILES string of the molecule is COC(=O)C1CC(N)Cc2ccccc21. The third kappa shape index (κ3) is 1.88. The summed E-state index contributed by atoms with van der Waals surface area (Å²) in [5, 5.41) is 0. The van der Waals surface area contributed by atoms with E-state index in [1.807, 2.05) is 24.3 Å². The summed E-state index contributed by atoms with van der Waals surface area (Å²) in [6, 6.07) is 8.01. The fourth-order valence-corrected chi connectivity index (χ4v) is 2.22. The highest BCUT2D eigenvalue weighted by atomic mass is 16.5. The van der Waals surface area contributed by atoms with Gasteiger partial charge in [0.25, 0.3) is 0 Å². The number of methoxy groups -OCH3 is 1. The molecule has 2 rings (SSSR count). The van der Waals surface area contributed by atoms with Crippen LogP contribution < -0.4 is 5.73 Å². The van der Waals surface area contributed by atoms with E-state index in [1.54, 1.807) is 0 Å². The van der Waals surface area contributed by atoms with Gasteiger partial charge < -0.3 is 10.5 Å². The number of nitrogens with two attached hydrogens (primary N) is 1. The van der Waals surface area contributed by atoms with Crippen molar-refractivity contribution in [3.05, 3.63) is 35.4 Å². The minimum Gasteiger partial charge on any atom is -0.469 e. The third-order valence-electron chi connectivity index (χ3n) is 2.94. The van der Waals surface area contributed by atoms with Gasteiger partial charge in [-0.05, 0) is 24.0 Å². The van der Waals surface area contributed by atoms with E-state index < -0.39 is 0 Å². The summed E-state index contributed by atoms with van der Waals surface area (Å²) in [4.78, 5) is 11.6. The van der Waals surface area contributed by atoms with Gasteiger partial charge in [0.05, 0.1) is 13.0 Å². The first-order chi connectivity index (χ1) is 7.22. The number of hydrogen-bond acceptors (Lipinski definition) is 3. The number of ether oxygens (including phenoxy) is 1. The first-order valence-corrected chi connectivity index (χ1v) is 5.13. The predicted octanol–water partition coefficient (Wildman–Crippen LogP) is 1.22. The Morgan fingerprint density at radius 3 is 2.93 bits per heavy atom. The Bertz CT molecular complexity index is 376. The van der Waals surface area contributed by atoms with Gasteiger partial charge in [-0.2, -0.15) is 0 Å². The van der Waals surface area contributed by atoms with Crippen LogP contribution in [0, 0.1) is 0 Å². The molecular weight excluding hydrogens is 190 g/mol. The summed E-state index contributed by atoms with van der Waals surface area (Å²) >= 11 is 0. The van der Waals surface area contributed by atoms with Crippen molar-refractivity contribution in [3.63, 3.8) is 0 Å². The van der Waals surface area contributed by atoms with Crippen molar-refractivity contribution in [2.45, 2.75) is 24.8 Å². The maximum Gasteiger partial charge on any atom is 0.313 e. The van der Waals surface area contributed by atoms with Gasteiger partial charge in [0.2, 0.25) is 0 Å². The van der Waals surface area contributed by atoms with E-state index in [0.29, 0.717) is 6.42 Å². The summed E-state index contributed by atoms with van der Waals surface area (Å²) in [5.41, 5.74) is 8.17. The monoisotopic (exact) mass is 205 g/mol. The lowest BCUT2D eigenvalue weighted by Gasteiger charge is -2.27. The second-order valence-electron chi connectivity index (χ2n) is 3.97. The molecule has 0 amide bonds. The topological polar surface area (TPSA) is 52.3 Å². The summed E-state index contributed by atoms with van der Waals surface area (Å²) < 4.78 is 4.80. The molecule has 0 radical (unpaired) electrons. The quantitative estimate of drug-likeness (QED) is 0.701. The Labute approximate surface area is 89.2 Å². The molecule has 1 aliphatic carbocycles. The first-order valence-electron chi connectivity index (χ1n) is 5.13. The van der Waals surface area contributed by atoms with Gasteiger partial charge >= 0.3 is 5.97 Å². The summed E-state index contributed by atoms with van der Waals surface area (Å²) in [6.45, 7) is 0. The van der Waals surface area contributed by atoms with Crippen molar-refractivity contribution in [2.75, 3.05) is 7.11 Å². The largest absolute Gasteiger partial charge is 0.469 e. The Hall–Kier alpha value is -1.35. The van der Waals surface area contributed by atoms with Crippen LogP contribution in [-0.4, -0.2) is 19.1 Å². The zero-order chi connectivity index (χ0) is 10.8. The van der Waals surface area contributed by atoms with Crippen molar-refractivity contribution in [1.29, 1.82) is 0 Å². The number of carbonyl (C=O) groups excluding carboxylic acids is 1. The maximum absolute atomic E-state index is 11.6. The lowest BCUT2D eigenvalue weighted by atomic mass is 9.80. The van der Waals surface area contributed by atoms with Crippen LogP contribution in [0.1, 0.15) is 23.5 Å². The van der Waals surface area contributed by atoms with Gasteiger partial charge in [-0.25, -0.2) is 0 Å². The van der Waals surface area contributed by atoms with Crippen LogP contribution in [0.25, 0.3) is 0 Å². The second-order valence-corrected chi connectivity index (χ2v) is 3.97. The minimum atomic E-state index is -0.185. The zero-order valence-corrected chi connectivity index (χ0v) is 8.77. The molecule has 0 saturated carbocycles. The van der Waals surface area contributed by atoms with Gasteiger partial charge in [0, 0.05) is 6.04 Å². The van der Waals surface area contributed by atoms with Crippen LogP contribution in [0.5, 0.6) is 0 Å². The Morgan fingerprint density at radius 1 is 1.47 bits per heavy atom. The number of rotatable bonds is 1. The molecule has 0 aliphatic heterocycles. The van der Waals surface area contributed by atoms with Crippen LogP contribution in [0.15, 0.2) is 24.3 Å². The molecule has 2 atom stereocenters.